The smallest absolute Gasteiger partial charge is 0.252 e. The fourth-order valence-corrected chi connectivity index (χ4v) is 3.59. The zero-order chi connectivity index (χ0) is 19.8. The van der Waals surface area contributed by atoms with Crippen LogP contribution in [0.5, 0.6) is 0 Å². The molecule has 9 heteroatoms. The van der Waals surface area contributed by atoms with Crippen molar-refractivity contribution in [3.05, 3.63) is 52.8 Å². The van der Waals surface area contributed by atoms with Gasteiger partial charge in [0.05, 0.1) is 28.6 Å². The topological polar surface area (TPSA) is 106 Å². The summed E-state index contributed by atoms with van der Waals surface area (Å²) in [6.45, 7) is 3.84. The van der Waals surface area contributed by atoms with Gasteiger partial charge in [0.2, 0.25) is 10.0 Å². The number of pyridine rings is 1. The predicted octanol–water partition coefficient (Wildman–Crippen LogP) is 1.89. The van der Waals surface area contributed by atoms with Crippen LogP contribution < -0.4 is 10.0 Å². The Morgan fingerprint density at radius 1 is 1.22 bits per heavy atom. The molecule has 0 atom stereocenters. The van der Waals surface area contributed by atoms with E-state index in [0.29, 0.717) is 27.8 Å². The highest BCUT2D eigenvalue weighted by atomic mass is 32.2. The van der Waals surface area contributed by atoms with Gasteiger partial charge in [-0.15, -0.1) is 0 Å². The Kier molecular flexibility index (Phi) is 4.88. The van der Waals surface area contributed by atoms with E-state index in [1.54, 1.807) is 42.1 Å². The van der Waals surface area contributed by atoms with Crippen molar-refractivity contribution >= 4 is 32.7 Å². The molecule has 2 N–H and O–H groups in total. The highest BCUT2D eigenvalue weighted by Crippen LogP contribution is 2.22. The Hall–Kier alpha value is -2.94. The summed E-state index contributed by atoms with van der Waals surface area (Å²) in [5.74, 6) is -0.268. The Labute approximate surface area is 157 Å². The number of sulfonamides is 1. The van der Waals surface area contributed by atoms with Crippen LogP contribution in [0.2, 0.25) is 0 Å². The summed E-state index contributed by atoms with van der Waals surface area (Å²) < 4.78 is 27.2. The minimum absolute atomic E-state index is 0.180. The molecule has 0 aliphatic heterocycles. The largest absolute Gasteiger partial charge is 0.348 e. The second-order valence-corrected chi connectivity index (χ2v) is 8.18. The molecule has 0 radical (unpaired) electrons. The van der Waals surface area contributed by atoms with Crippen LogP contribution in [0.15, 0.2) is 30.3 Å². The third-order valence-electron chi connectivity index (χ3n) is 4.09. The van der Waals surface area contributed by atoms with Gasteiger partial charge >= 0.3 is 0 Å². The van der Waals surface area contributed by atoms with Crippen LogP contribution in [0.3, 0.4) is 0 Å². The number of nitrogens with one attached hydrogen (secondary N) is 2. The summed E-state index contributed by atoms with van der Waals surface area (Å²) in [5, 5.41) is 7.91. The van der Waals surface area contributed by atoms with Gasteiger partial charge in [-0.25, -0.2) is 13.4 Å². The quantitative estimate of drug-likeness (QED) is 0.695. The van der Waals surface area contributed by atoms with Crippen molar-refractivity contribution in [3.8, 4) is 0 Å². The van der Waals surface area contributed by atoms with Gasteiger partial charge in [0.1, 0.15) is 0 Å². The number of amides is 1. The number of fused-ring (bicyclic) bond motifs is 1. The number of hydrogen-bond donors (Lipinski definition) is 2. The van der Waals surface area contributed by atoms with E-state index >= 15 is 0 Å². The molecular formula is C18H21N5O3S. The maximum absolute atomic E-state index is 12.8. The molecule has 1 amide bonds. The number of anilines is 1. The molecule has 27 heavy (non-hydrogen) atoms. The predicted molar refractivity (Wildman–Crippen MR) is 104 cm³/mol. The van der Waals surface area contributed by atoms with Gasteiger partial charge in [-0.2, -0.15) is 5.10 Å². The monoisotopic (exact) mass is 387 g/mol. The van der Waals surface area contributed by atoms with Crippen LogP contribution in [-0.4, -0.2) is 35.3 Å². The third kappa shape index (κ3) is 4.08. The molecule has 0 unspecified atom stereocenters. The first-order chi connectivity index (χ1) is 12.7. The molecule has 0 saturated heterocycles. The van der Waals surface area contributed by atoms with Crippen LogP contribution >= 0.6 is 0 Å². The Morgan fingerprint density at radius 3 is 2.63 bits per heavy atom. The Balaban J connectivity index is 1.89. The first-order valence-corrected chi connectivity index (χ1v) is 10.2. The average molecular weight is 387 g/mol. The molecule has 0 aliphatic rings. The summed E-state index contributed by atoms with van der Waals surface area (Å²) in [7, 11) is -1.62. The van der Waals surface area contributed by atoms with Crippen molar-refractivity contribution < 1.29 is 13.2 Å². The lowest BCUT2D eigenvalue weighted by Crippen LogP contribution is -2.24. The molecule has 2 aromatic heterocycles. The van der Waals surface area contributed by atoms with E-state index < -0.39 is 10.0 Å². The molecule has 0 saturated carbocycles. The van der Waals surface area contributed by atoms with Gasteiger partial charge in [0.15, 0.2) is 5.65 Å². The van der Waals surface area contributed by atoms with Gasteiger partial charge in [-0.05, 0) is 31.5 Å². The molecule has 142 valence electrons. The van der Waals surface area contributed by atoms with Crippen molar-refractivity contribution in [2.75, 3.05) is 11.0 Å². The normalized spacial score (nSPS) is 11.6. The lowest BCUT2D eigenvalue weighted by Gasteiger charge is -2.12. The Morgan fingerprint density at radius 2 is 1.93 bits per heavy atom. The van der Waals surface area contributed by atoms with E-state index in [1.165, 1.54) is 0 Å². The number of carbonyl (C=O) groups excluding carboxylic acids is 1. The van der Waals surface area contributed by atoms with Crippen molar-refractivity contribution in [2.45, 2.75) is 20.4 Å². The summed E-state index contributed by atoms with van der Waals surface area (Å²) in [6.07, 6.45) is 1.09. The van der Waals surface area contributed by atoms with Crippen LogP contribution in [0.25, 0.3) is 11.0 Å². The number of nitrogens with zero attached hydrogens (tertiary/aromatic N) is 3. The van der Waals surface area contributed by atoms with E-state index in [-0.39, 0.29) is 12.5 Å². The maximum Gasteiger partial charge on any atom is 0.252 e. The number of rotatable bonds is 5. The molecule has 0 aliphatic carbocycles. The molecule has 2 heterocycles. The minimum Gasteiger partial charge on any atom is -0.348 e. The lowest BCUT2D eigenvalue weighted by molar-refractivity contribution is 0.0952. The standard InChI is InChI=1S/C18H21N5O3S/c1-11-9-14(16-12(2)21-23(3)17(16)20-11)18(24)19-10-13-7-5-6-8-15(13)22-27(4,25)26/h5-9,22H,10H2,1-4H3,(H,19,24). The highest BCUT2D eigenvalue weighted by Gasteiger charge is 2.18. The van der Waals surface area contributed by atoms with Crippen LogP contribution in [-0.2, 0) is 23.6 Å². The van der Waals surface area contributed by atoms with E-state index in [1.807, 2.05) is 13.8 Å². The Bertz CT molecular complexity index is 1140. The van der Waals surface area contributed by atoms with Crippen molar-refractivity contribution in [2.24, 2.45) is 7.05 Å². The molecule has 0 bridgehead atoms. The fourth-order valence-electron chi connectivity index (χ4n) is 2.99. The second-order valence-electron chi connectivity index (χ2n) is 6.43. The molecular weight excluding hydrogens is 366 g/mol. The van der Waals surface area contributed by atoms with E-state index in [2.05, 4.69) is 20.1 Å². The SMILES string of the molecule is Cc1cc(C(=O)NCc2ccccc2NS(C)(=O)=O)c2c(C)nn(C)c2n1. The van der Waals surface area contributed by atoms with Gasteiger partial charge in [0.25, 0.3) is 5.91 Å². The summed E-state index contributed by atoms with van der Waals surface area (Å²) in [4.78, 5) is 17.3. The highest BCUT2D eigenvalue weighted by molar-refractivity contribution is 7.92. The average Bonchev–Trinajstić information content (AvgIpc) is 2.86. The summed E-state index contributed by atoms with van der Waals surface area (Å²) >= 11 is 0. The van der Waals surface area contributed by atoms with E-state index in [0.717, 1.165) is 17.6 Å². The number of hydrogen-bond acceptors (Lipinski definition) is 5. The first-order valence-electron chi connectivity index (χ1n) is 8.30. The molecule has 0 fully saturated rings. The number of aromatic nitrogens is 3. The fraction of sp³-hybridized carbons (Fsp3) is 0.278. The zero-order valence-corrected chi connectivity index (χ0v) is 16.4. The number of aryl methyl sites for hydroxylation is 3. The number of benzene rings is 1. The van der Waals surface area contributed by atoms with Crippen LogP contribution in [0.4, 0.5) is 5.69 Å². The third-order valence-corrected chi connectivity index (χ3v) is 4.68. The van der Waals surface area contributed by atoms with Crippen LogP contribution in [0, 0.1) is 13.8 Å². The maximum atomic E-state index is 12.8. The van der Waals surface area contributed by atoms with Gasteiger partial charge in [0, 0.05) is 19.3 Å². The van der Waals surface area contributed by atoms with E-state index in [4.69, 9.17) is 0 Å². The molecule has 1 aromatic carbocycles. The van der Waals surface area contributed by atoms with Gasteiger partial charge < -0.3 is 5.32 Å². The lowest BCUT2D eigenvalue weighted by atomic mass is 10.1. The van der Waals surface area contributed by atoms with Crippen LogP contribution in [0.1, 0.15) is 27.3 Å². The number of para-hydroxylation sites is 1. The van der Waals surface area contributed by atoms with Gasteiger partial charge in [-0.3, -0.25) is 14.2 Å². The van der Waals surface area contributed by atoms with Gasteiger partial charge in [-0.1, -0.05) is 18.2 Å². The molecule has 3 aromatic rings. The van der Waals surface area contributed by atoms with Crippen molar-refractivity contribution in [3.63, 3.8) is 0 Å². The molecule has 0 spiro atoms. The first kappa shape index (κ1) is 18.8. The van der Waals surface area contributed by atoms with Crippen molar-refractivity contribution in [1.29, 1.82) is 0 Å². The molecule has 8 nitrogen and oxygen atoms in total. The number of carbonyl (C=O) groups is 1. The molecule has 3 rings (SSSR count). The summed E-state index contributed by atoms with van der Waals surface area (Å²) in [6, 6.07) is 8.66. The zero-order valence-electron chi connectivity index (χ0n) is 15.6. The second kappa shape index (κ2) is 6.99. The minimum atomic E-state index is -3.41. The van der Waals surface area contributed by atoms with Crippen molar-refractivity contribution in [1.82, 2.24) is 20.1 Å². The summed E-state index contributed by atoms with van der Waals surface area (Å²) in [5.41, 5.74) is 3.70. The van der Waals surface area contributed by atoms with E-state index in [9.17, 15) is 13.2 Å².